The average molecular weight is 555 g/mol. The molecule has 0 spiro atoms. The maximum Gasteiger partial charge on any atom is 0.233 e. The van der Waals surface area contributed by atoms with Crippen molar-refractivity contribution in [3.63, 3.8) is 0 Å². The zero-order chi connectivity index (χ0) is 27.3. The lowest BCUT2D eigenvalue weighted by molar-refractivity contribution is -0.275. The van der Waals surface area contributed by atoms with E-state index in [9.17, 15) is 19.8 Å². The summed E-state index contributed by atoms with van der Waals surface area (Å²) >= 11 is 6.42. The van der Waals surface area contributed by atoms with Crippen LogP contribution in [0.3, 0.4) is 0 Å². The minimum Gasteiger partial charge on any atom is -0.508 e. The fraction of sp³-hybridized carbons (Fsp3) is 0.533. The number of halogens is 1. The molecule has 208 valence electrons. The van der Waals surface area contributed by atoms with Gasteiger partial charge in [-0.2, -0.15) is 0 Å². The van der Waals surface area contributed by atoms with Gasteiger partial charge in [0.25, 0.3) is 0 Å². The molecule has 6 rings (SSSR count). The highest BCUT2D eigenvalue weighted by Gasteiger charge is 2.67. The molecule has 3 saturated heterocycles. The van der Waals surface area contributed by atoms with Gasteiger partial charge in [-0.15, -0.1) is 0 Å². The largest absolute Gasteiger partial charge is 0.508 e. The first-order valence-corrected chi connectivity index (χ1v) is 14.2. The van der Waals surface area contributed by atoms with Crippen LogP contribution >= 0.6 is 11.6 Å². The number of aromatic hydroxyl groups is 1. The number of piperidine rings is 1. The minimum atomic E-state index is -1.62. The molecule has 3 aliphatic heterocycles. The number of carbonyl (C=O) groups excluding carboxylic acids is 2. The van der Waals surface area contributed by atoms with Crippen molar-refractivity contribution in [3.05, 3.63) is 64.7 Å². The van der Waals surface area contributed by atoms with Crippen LogP contribution in [0.25, 0.3) is 0 Å². The number of phenols is 1. The van der Waals surface area contributed by atoms with Crippen LogP contribution in [0.1, 0.15) is 42.9 Å². The van der Waals surface area contributed by atoms with Crippen LogP contribution in [-0.4, -0.2) is 70.5 Å². The number of aliphatic hydroxyl groups is 1. The summed E-state index contributed by atoms with van der Waals surface area (Å²) in [6.07, 6.45) is 1.59. The Kier molecular flexibility index (Phi) is 7.18. The van der Waals surface area contributed by atoms with Gasteiger partial charge in [-0.3, -0.25) is 19.4 Å². The fourth-order valence-corrected chi connectivity index (χ4v) is 7.70. The summed E-state index contributed by atoms with van der Waals surface area (Å²) in [5.41, 5.74) is 1.90. The summed E-state index contributed by atoms with van der Waals surface area (Å²) in [6, 6.07) is 14.8. The summed E-state index contributed by atoms with van der Waals surface area (Å²) in [5, 5.41) is 22.0. The van der Waals surface area contributed by atoms with Gasteiger partial charge in [-0.25, -0.2) is 0 Å². The molecule has 0 unspecified atom stereocenters. The van der Waals surface area contributed by atoms with E-state index in [2.05, 4.69) is 17.0 Å². The number of methoxy groups -OCH3 is 1. The monoisotopic (exact) mass is 554 g/mol. The first-order chi connectivity index (χ1) is 18.8. The maximum atomic E-state index is 14.0. The van der Waals surface area contributed by atoms with E-state index < -0.39 is 35.6 Å². The molecule has 2 amide bonds. The van der Waals surface area contributed by atoms with Crippen LogP contribution in [0, 0.1) is 23.7 Å². The molecular weight excluding hydrogens is 520 g/mol. The summed E-state index contributed by atoms with van der Waals surface area (Å²) < 4.78 is 11.7. The Morgan fingerprint density at radius 2 is 1.82 bits per heavy atom. The molecule has 4 aliphatic rings. The predicted octanol–water partition coefficient (Wildman–Crippen LogP) is 3.74. The number of carbonyl (C=O) groups is 2. The maximum absolute atomic E-state index is 14.0. The van der Waals surface area contributed by atoms with Crippen molar-refractivity contribution in [1.82, 2.24) is 9.80 Å². The van der Waals surface area contributed by atoms with Crippen LogP contribution in [0.15, 0.2) is 48.5 Å². The molecule has 2 N–H and O–H groups in total. The van der Waals surface area contributed by atoms with E-state index in [-0.39, 0.29) is 30.2 Å². The molecule has 3 heterocycles. The standard InChI is InChI=1S/C30H35ClN2O6/c1-38-17-19-13-23-27(24-15-26(39-30(19,24)37)22-8-7-21(34)14-25(22)31)29(36)33(28(23)35)20-9-11-32(12-10-20)16-18-5-3-2-4-6-18/h2-8,14,19-20,23-24,26-27,34,37H,9-13,15-17H2,1H3/t19-,23+,24+,26+,27+,30-/m1/s1. The number of benzene rings is 2. The highest BCUT2D eigenvalue weighted by Crippen LogP contribution is 2.59. The molecule has 0 radical (unpaired) electrons. The van der Waals surface area contributed by atoms with E-state index in [0.29, 0.717) is 23.4 Å². The van der Waals surface area contributed by atoms with Gasteiger partial charge in [0.1, 0.15) is 5.75 Å². The van der Waals surface area contributed by atoms with Gasteiger partial charge in [-0.1, -0.05) is 48.0 Å². The summed E-state index contributed by atoms with van der Waals surface area (Å²) in [7, 11) is 1.56. The lowest BCUT2D eigenvalue weighted by atomic mass is 9.64. The molecule has 9 heteroatoms. The first-order valence-electron chi connectivity index (χ1n) is 13.8. The minimum absolute atomic E-state index is 0.0391. The second kappa shape index (κ2) is 10.5. The Balaban J connectivity index is 1.22. The number of hydrogen-bond donors (Lipinski definition) is 2. The quantitative estimate of drug-likeness (QED) is 0.525. The first kappa shape index (κ1) is 26.7. The highest BCUT2D eigenvalue weighted by atomic mass is 35.5. The molecular formula is C30H35ClN2O6. The van der Waals surface area contributed by atoms with Crippen molar-refractivity contribution in [1.29, 1.82) is 0 Å². The van der Waals surface area contributed by atoms with Crippen LogP contribution in [0.2, 0.25) is 5.02 Å². The third kappa shape index (κ3) is 4.66. The summed E-state index contributed by atoms with van der Waals surface area (Å²) in [5.74, 6) is -4.05. The van der Waals surface area contributed by atoms with E-state index in [0.717, 1.165) is 32.5 Å². The van der Waals surface area contributed by atoms with Crippen molar-refractivity contribution in [2.24, 2.45) is 23.7 Å². The number of likely N-dealkylation sites (tertiary alicyclic amines) is 2. The molecule has 4 fully saturated rings. The molecule has 6 atom stereocenters. The molecule has 8 nitrogen and oxygen atoms in total. The van der Waals surface area contributed by atoms with Crippen molar-refractivity contribution in [2.75, 3.05) is 26.8 Å². The Morgan fingerprint density at radius 3 is 2.51 bits per heavy atom. The third-order valence-corrected chi connectivity index (χ3v) is 9.60. The van der Waals surface area contributed by atoms with Crippen LogP contribution in [0.4, 0.5) is 0 Å². The van der Waals surface area contributed by atoms with Crippen LogP contribution in [0.5, 0.6) is 5.75 Å². The fourth-order valence-electron chi connectivity index (χ4n) is 7.41. The van der Waals surface area contributed by atoms with Crippen molar-refractivity contribution in [3.8, 4) is 5.75 Å². The zero-order valence-corrected chi connectivity index (χ0v) is 22.8. The molecule has 0 aromatic heterocycles. The second-order valence-electron chi connectivity index (χ2n) is 11.5. The number of rotatable bonds is 6. The number of nitrogens with zero attached hydrogens (tertiary/aromatic N) is 2. The van der Waals surface area contributed by atoms with E-state index in [1.165, 1.54) is 22.6 Å². The summed E-state index contributed by atoms with van der Waals surface area (Å²) in [4.78, 5) is 31.6. The second-order valence-corrected chi connectivity index (χ2v) is 11.9. The van der Waals surface area contributed by atoms with Gasteiger partial charge < -0.3 is 19.7 Å². The predicted molar refractivity (Wildman–Crippen MR) is 144 cm³/mol. The lowest BCUT2D eigenvalue weighted by Crippen LogP contribution is -2.54. The normalized spacial score (nSPS) is 33.4. The molecule has 1 aliphatic carbocycles. The van der Waals surface area contributed by atoms with E-state index in [1.807, 2.05) is 18.2 Å². The van der Waals surface area contributed by atoms with E-state index >= 15 is 0 Å². The smallest absolute Gasteiger partial charge is 0.233 e. The number of amides is 2. The zero-order valence-electron chi connectivity index (χ0n) is 22.0. The topological polar surface area (TPSA) is 99.5 Å². The van der Waals surface area contributed by atoms with Crippen LogP contribution < -0.4 is 0 Å². The number of ether oxygens (including phenoxy) is 2. The molecule has 1 saturated carbocycles. The molecule has 39 heavy (non-hydrogen) atoms. The number of phenolic OH excluding ortho intramolecular Hbond substituents is 1. The Morgan fingerprint density at radius 1 is 1.08 bits per heavy atom. The van der Waals surface area contributed by atoms with Gasteiger partial charge in [0.15, 0.2) is 5.79 Å². The van der Waals surface area contributed by atoms with Crippen LogP contribution in [-0.2, 0) is 25.6 Å². The van der Waals surface area contributed by atoms with Crippen molar-refractivity contribution >= 4 is 23.4 Å². The Labute approximate surface area is 233 Å². The van der Waals surface area contributed by atoms with Gasteiger partial charge in [0.05, 0.1) is 29.6 Å². The van der Waals surface area contributed by atoms with Gasteiger partial charge in [-0.05, 0) is 48.9 Å². The average Bonchev–Trinajstić information content (AvgIpc) is 3.39. The third-order valence-electron chi connectivity index (χ3n) is 9.27. The number of hydrogen-bond acceptors (Lipinski definition) is 7. The SMILES string of the molecule is COC[C@H]1C[C@@H]2C(=O)N(C3CCN(Cc4ccccc4)CC3)C(=O)[C@@H]2[C@@H]2C[C@@H](c3ccc(O)cc3Cl)O[C@]12O. The Bertz CT molecular complexity index is 1240. The van der Waals surface area contributed by atoms with Crippen molar-refractivity contribution in [2.45, 2.75) is 50.2 Å². The number of fused-ring (bicyclic) bond motifs is 3. The van der Waals surface area contributed by atoms with Gasteiger partial charge in [0, 0.05) is 44.6 Å². The highest BCUT2D eigenvalue weighted by molar-refractivity contribution is 6.31. The lowest BCUT2D eigenvalue weighted by Gasteiger charge is -2.44. The van der Waals surface area contributed by atoms with Crippen molar-refractivity contribution < 1.29 is 29.3 Å². The van der Waals surface area contributed by atoms with Gasteiger partial charge >= 0.3 is 0 Å². The molecule has 2 aromatic carbocycles. The Hall–Kier alpha value is -2.49. The van der Waals surface area contributed by atoms with Gasteiger partial charge in [0.2, 0.25) is 11.8 Å². The molecule has 0 bridgehead atoms. The molecule has 2 aromatic rings. The van der Waals surface area contributed by atoms with E-state index in [4.69, 9.17) is 21.1 Å². The van der Waals surface area contributed by atoms with E-state index in [1.54, 1.807) is 13.2 Å². The number of imide groups is 1. The summed E-state index contributed by atoms with van der Waals surface area (Å²) in [6.45, 7) is 2.70.